The first kappa shape index (κ1) is 9.16. The molecule has 0 saturated carbocycles. The third-order valence-electron chi connectivity index (χ3n) is 2.46. The molecule has 0 unspecified atom stereocenters. The Hall–Kier alpha value is -0.410. The van der Waals surface area contributed by atoms with Crippen molar-refractivity contribution >= 4 is 11.8 Å². The van der Waals surface area contributed by atoms with Crippen LogP contribution in [0.4, 0.5) is 0 Å². The van der Waals surface area contributed by atoms with E-state index in [1.165, 1.54) is 30.2 Å². The van der Waals surface area contributed by atoms with Crippen LogP contribution in [0.3, 0.4) is 0 Å². The van der Waals surface area contributed by atoms with Crippen LogP contribution >= 0.6 is 11.8 Å². The average Bonchev–Trinajstić information content (AvgIpc) is 2.42. The molecule has 2 rings (SSSR count). The van der Waals surface area contributed by atoms with E-state index in [9.17, 15) is 0 Å². The highest BCUT2D eigenvalue weighted by Gasteiger charge is 2.16. The van der Waals surface area contributed by atoms with Crippen LogP contribution in [-0.2, 0) is 0 Å². The highest BCUT2D eigenvalue weighted by atomic mass is 32.2. The summed E-state index contributed by atoms with van der Waals surface area (Å²) in [6.07, 6.45) is 3.09. The summed E-state index contributed by atoms with van der Waals surface area (Å²) in [5, 5.41) is 3.29. The van der Waals surface area contributed by atoms with Crippen molar-refractivity contribution in [1.29, 1.82) is 0 Å². The lowest BCUT2D eigenvalue weighted by atomic mass is 10.0. The fourth-order valence-electron chi connectivity index (χ4n) is 1.41. The molecule has 2 heterocycles. The van der Waals surface area contributed by atoms with Crippen LogP contribution in [0.5, 0.6) is 0 Å². The summed E-state index contributed by atoms with van der Waals surface area (Å²) < 4.78 is 5.23. The highest BCUT2D eigenvalue weighted by molar-refractivity contribution is 7.99. The Morgan fingerprint density at radius 1 is 1.62 bits per heavy atom. The largest absolute Gasteiger partial charge is 0.468 e. The molecular weight excluding hydrogens is 182 g/mol. The molecular formula is C10H15NOS. The summed E-state index contributed by atoms with van der Waals surface area (Å²) in [5.74, 6) is 3.18. The topological polar surface area (TPSA) is 25.2 Å². The quantitative estimate of drug-likeness (QED) is 0.750. The van der Waals surface area contributed by atoms with E-state index < -0.39 is 0 Å². The number of aryl methyl sites for hydroxylation is 1. The predicted molar refractivity (Wildman–Crippen MR) is 55.1 cm³/mol. The van der Waals surface area contributed by atoms with E-state index in [2.05, 4.69) is 11.4 Å². The molecule has 72 valence electrons. The zero-order valence-corrected chi connectivity index (χ0v) is 8.69. The maximum Gasteiger partial charge on any atom is 0.114 e. The van der Waals surface area contributed by atoms with Gasteiger partial charge in [-0.25, -0.2) is 0 Å². The Morgan fingerprint density at radius 2 is 2.46 bits per heavy atom. The summed E-state index contributed by atoms with van der Waals surface area (Å²) in [4.78, 5) is 1.30. The second-order valence-corrected chi connectivity index (χ2v) is 4.64. The molecule has 1 fully saturated rings. The SMILES string of the molecule is Cc1occc1SCCC1CNC1. The summed E-state index contributed by atoms with van der Waals surface area (Å²) in [6, 6.07) is 2.05. The number of rotatable bonds is 4. The average molecular weight is 197 g/mol. The molecule has 0 amide bonds. The van der Waals surface area contributed by atoms with E-state index >= 15 is 0 Å². The maximum atomic E-state index is 5.23. The summed E-state index contributed by atoms with van der Waals surface area (Å²) in [5.41, 5.74) is 0. The van der Waals surface area contributed by atoms with Crippen molar-refractivity contribution < 1.29 is 4.42 Å². The van der Waals surface area contributed by atoms with E-state index in [0.717, 1.165) is 11.7 Å². The number of thioether (sulfide) groups is 1. The smallest absolute Gasteiger partial charge is 0.114 e. The third kappa shape index (κ3) is 2.29. The second kappa shape index (κ2) is 4.20. The van der Waals surface area contributed by atoms with Crippen molar-refractivity contribution in [3.8, 4) is 0 Å². The minimum atomic E-state index is 0.916. The van der Waals surface area contributed by atoms with Gasteiger partial charge in [-0.05, 0) is 44.2 Å². The van der Waals surface area contributed by atoms with E-state index in [-0.39, 0.29) is 0 Å². The molecule has 0 aromatic carbocycles. The maximum absolute atomic E-state index is 5.23. The molecule has 1 aromatic heterocycles. The van der Waals surface area contributed by atoms with Gasteiger partial charge in [-0.2, -0.15) is 0 Å². The van der Waals surface area contributed by atoms with Gasteiger partial charge in [-0.1, -0.05) is 0 Å². The van der Waals surface area contributed by atoms with Crippen molar-refractivity contribution in [3.63, 3.8) is 0 Å². The Balaban J connectivity index is 1.70. The Morgan fingerprint density at radius 3 is 3.00 bits per heavy atom. The van der Waals surface area contributed by atoms with Crippen molar-refractivity contribution in [2.24, 2.45) is 5.92 Å². The molecule has 0 bridgehead atoms. The van der Waals surface area contributed by atoms with Crippen molar-refractivity contribution in [3.05, 3.63) is 18.1 Å². The summed E-state index contributed by atoms with van der Waals surface area (Å²) in [7, 11) is 0. The van der Waals surface area contributed by atoms with Gasteiger partial charge >= 0.3 is 0 Å². The van der Waals surface area contributed by atoms with E-state index in [4.69, 9.17) is 4.42 Å². The first-order chi connectivity index (χ1) is 6.36. The number of nitrogens with one attached hydrogen (secondary N) is 1. The second-order valence-electron chi connectivity index (χ2n) is 3.50. The monoisotopic (exact) mass is 197 g/mol. The van der Waals surface area contributed by atoms with Gasteiger partial charge in [0.05, 0.1) is 6.26 Å². The summed E-state index contributed by atoms with van der Waals surface area (Å²) >= 11 is 1.91. The van der Waals surface area contributed by atoms with Gasteiger partial charge in [-0.15, -0.1) is 11.8 Å². The van der Waals surface area contributed by atoms with Crippen LogP contribution in [0, 0.1) is 12.8 Å². The normalized spacial score (nSPS) is 17.3. The number of hydrogen-bond donors (Lipinski definition) is 1. The molecule has 1 saturated heterocycles. The van der Waals surface area contributed by atoms with Gasteiger partial charge in [-0.3, -0.25) is 0 Å². The van der Waals surface area contributed by atoms with Gasteiger partial charge < -0.3 is 9.73 Å². The van der Waals surface area contributed by atoms with Crippen molar-refractivity contribution in [1.82, 2.24) is 5.32 Å². The fraction of sp³-hybridized carbons (Fsp3) is 0.600. The van der Waals surface area contributed by atoms with E-state index in [1.807, 2.05) is 18.7 Å². The van der Waals surface area contributed by atoms with Gasteiger partial charge in [0.15, 0.2) is 0 Å². The van der Waals surface area contributed by atoms with Crippen LogP contribution in [0.15, 0.2) is 21.6 Å². The van der Waals surface area contributed by atoms with Crippen LogP contribution < -0.4 is 5.32 Å². The van der Waals surface area contributed by atoms with Crippen LogP contribution in [-0.4, -0.2) is 18.8 Å². The van der Waals surface area contributed by atoms with Gasteiger partial charge in [0.1, 0.15) is 5.76 Å². The standard InChI is InChI=1S/C10H15NOS/c1-8-10(2-4-12-8)13-5-3-9-6-11-7-9/h2,4,9,11H,3,5-7H2,1H3. The molecule has 0 aliphatic carbocycles. The molecule has 13 heavy (non-hydrogen) atoms. The molecule has 0 radical (unpaired) electrons. The van der Waals surface area contributed by atoms with Crippen LogP contribution in [0.25, 0.3) is 0 Å². The van der Waals surface area contributed by atoms with E-state index in [0.29, 0.717) is 0 Å². The van der Waals surface area contributed by atoms with E-state index in [1.54, 1.807) is 6.26 Å². The Kier molecular flexibility index (Phi) is 2.96. The van der Waals surface area contributed by atoms with Crippen molar-refractivity contribution in [2.75, 3.05) is 18.8 Å². The lowest BCUT2D eigenvalue weighted by Crippen LogP contribution is -2.42. The third-order valence-corrected chi connectivity index (χ3v) is 3.64. The minimum absolute atomic E-state index is 0.916. The predicted octanol–water partition coefficient (Wildman–Crippen LogP) is 2.29. The number of furan rings is 1. The summed E-state index contributed by atoms with van der Waals surface area (Å²) in [6.45, 7) is 4.45. The van der Waals surface area contributed by atoms with Crippen LogP contribution in [0.2, 0.25) is 0 Å². The Bertz CT molecular complexity index is 268. The molecule has 0 spiro atoms. The molecule has 1 aliphatic heterocycles. The Labute approximate surface area is 83.1 Å². The fourth-order valence-corrected chi connectivity index (χ4v) is 2.49. The molecule has 0 atom stereocenters. The zero-order chi connectivity index (χ0) is 9.10. The molecule has 1 N–H and O–H groups in total. The van der Waals surface area contributed by atoms with Gasteiger partial charge in [0, 0.05) is 4.90 Å². The molecule has 1 aromatic rings. The molecule has 2 nitrogen and oxygen atoms in total. The van der Waals surface area contributed by atoms with Crippen molar-refractivity contribution in [2.45, 2.75) is 18.2 Å². The number of hydrogen-bond acceptors (Lipinski definition) is 3. The van der Waals surface area contributed by atoms with Gasteiger partial charge in [0.25, 0.3) is 0 Å². The first-order valence-electron chi connectivity index (χ1n) is 4.74. The van der Waals surface area contributed by atoms with Gasteiger partial charge in [0.2, 0.25) is 0 Å². The molecule has 3 heteroatoms. The molecule has 1 aliphatic rings. The van der Waals surface area contributed by atoms with Crippen LogP contribution in [0.1, 0.15) is 12.2 Å². The zero-order valence-electron chi connectivity index (χ0n) is 7.88. The first-order valence-corrected chi connectivity index (χ1v) is 5.72. The lowest BCUT2D eigenvalue weighted by molar-refractivity contribution is 0.341. The highest BCUT2D eigenvalue weighted by Crippen LogP contribution is 2.25. The minimum Gasteiger partial charge on any atom is -0.468 e. The lowest BCUT2D eigenvalue weighted by Gasteiger charge is -2.26.